The molecule has 2 N–H and O–H groups in total. The molecule has 0 fully saturated rings. The normalized spacial score (nSPS) is 12.8. The third-order valence-corrected chi connectivity index (χ3v) is 3.73. The zero-order valence-electron chi connectivity index (χ0n) is 14.0. The highest BCUT2D eigenvalue weighted by molar-refractivity contribution is 7.99. The van der Waals surface area contributed by atoms with Gasteiger partial charge in [-0.1, -0.05) is 19.8 Å². The van der Waals surface area contributed by atoms with Crippen LogP contribution in [0.3, 0.4) is 0 Å². The highest BCUT2D eigenvalue weighted by Crippen LogP contribution is 2.10. The van der Waals surface area contributed by atoms with Gasteiger partial charge in [-0.2, -0.15) is 0 Å². The van der Waals surface area contributed by atoms with E-state index in [-0.39, 0.29) is 6.09 Å². The van der Waals surface area contributed by atoms with Crippen LogP contribution in [0.15, 0.2) is 0 Å². The molecule has 122 valence electrons. The summed E-state index contributed by atoms with van der Waals surface area (Å²) in [6.45, 7) is 12.3. The van der Waals surface area contributed by atoms with Crippen LogP contribution in [0, 0.1) is 24.2 Å². The summed E-state index contributed by atoms with van der Waals surface area (Å²) >= 11 is 1.75. The maximum Gasteiger partial charge on any atom is 0.407 e. The van der Waals surface area contributed by atoms with Crippen molar-refractivity contribution < 1.29 is 9.53 Å². The lowest BCUT2D eigenvalue weighted by atomic mass is 9.96. The number of carbonyl (C=O) groups is 1. The molecule has 4 nitrogen and oxygen atoms in total. The molecule has 0 rings (SSSR count). The smallest absolute Gasteiger partial charge is 0.407 e. The van der Waals surface area contributed by atoms with E-state index in [1.807, 2.05) is 20.8 Å². The van der Waals surface area contributed by atoms with Crippen LogP contribution in [0.2, 0.25) is 0 Å². The van der Waals surface area contributed by atoms with Gasteiger partial charge in [-0.3, -0.25) is 0 Å². The van der Waals surface area contributed by atoms with Crippen molar-refractivity contribution in [1.82, 2.24) is 10.6 Å². The Hall–Kier alpha value is -0.860. The number of terminal acetylenes is 1. The Labute approximate surface area is 134 Å². The molecule has 0 aromatic heterocycles. The van der Waals surface area contributed by atoms with Gasteiger partial charge in [-0.05, 0) is 39.2 Å². The molecule has 5 heteroatoms. The first-order valence-electron chi connectivity index (χ1n) is 7.45. The summed E-state index contributed by atoms with van der Waals surface area (Å²) < 4.78 is 5.25. The minimum Gasteiger partial charge on any atom is -0.444 e. The Morgan fingerprint density at radius 2 is 2.00 bits per heavy atom. The molecule has 0 aliphatic heterocycles. The molecular formula is C16H30N2O2S. The van der Waals surface area contributed by atoms with Crippen molar-refractivity contribution in [3.63, 3.8) is 0 Å². The first kappa shape index (κ1) is 20.1. The standard InChI is InChI=1S/C16H30N2O2S/c1-7-9-21-10-8-17-11-14(13(2)3)12-18-15(19)20-16(4,5)6/h1,13-14,17H,8-12H2,2-6H3,(H,18,19). The van der Waals surface area contributed by atoms with Gasteiger partial charge in [0, 0.05) is 18.8 Å². The van der Waals surface area contributed by atoms with Crippen LogP contribution in [0.5, 0.6) is 0 Å². The molecule has 1 unspecified atom stereocenters. The van der Waals surface area contributed by atoms with Gasteiger partial charge in [-0.25, -0.2) is 4.79 Å². The Bertz CT molecular complexity index is 332. The van der Waals surface area contributed by atoms with Gasteiger partial charge in [0.05, 0.1) is 5.75 Å². The quantitative estimate of drug-likeness (QED) is 0.507. The summed E-state index contributed by atoms with van der Waals surface area (Å²) in [7, 11) is 0. The Morgan fingerprint density at radius 3 is 2.52 bits per heavy atom. The molecule has 0 heterocycles. The monoisotopic (exact) mass is 314 g/mol. The van der Waals surface area contributed by atoms with Crippen molar-refractivity contribution in [2.24, 2.45) is 11.8 Å². The molecule has 0 saturated carbocycles. The van der Waals surface area contributed by atoms with E-state index in [1.165, 1.54) is 0 Å². The Balaban J connectivity index is 3.93. The van der Waals surface area contributed by atoms with Crippen LogP contribution >= 0.6 is 11.8 Å². The fourth-order valence-electron chi connectivity index (χ4n) is 1.64. The number of hydrogen-bond donors (Lipinski definition) is 2. The maximum atomic E-state index is 11.7. The number of ether oxygens (including phenoxy) is 1. The van der Waals surface area contributed by atoms with E-state index in [0.29, 0.717) is 18.4 Å². The first-order valence-corrected chi connectivity index (χ1v) is 8.60. The van der Waals surface area contributed by atoms with Crippen molar-refractivity contribution in [2.75, 3.05) is 31.1 Å². The lowest BCUT2D eigenvalue weighted by molar-refractivity contribution is 0.0515. The average molecular weight is 314 g/mol. The van der Waals surface area contributed by atoms with Crippen LogP contribution < -0.4 is 10.6 Å². The van der Waals surface area contributed by atoms with Crippen LogP contribution in [-0.4, -0.2) is 42.8 Å². The number of thioether (sulfide) groups is 1. The summed E-state index contributed by atoms with van der Waals surface area (Å²) in [5.74, 6) is 5.25. The second-order valence-electron chi connectivity index (χ2n) is 6.35. The Morgan fingerprint density at radius 1 is 1.33 bits per heavy atom. The maximum absolute atomic E-state index is 11.7. The predicted octanol–water partition coefficient (Wildman–Crippen LogP) is 2.74. The Kier molecular flexibility index (Phi) is 10.4. The van der Waals surface area contributed by atoms with Gasteiger partial charge < -0.3 is 15.4 Å². The summed E-state index contributed by atoms with van der Waals surface area (Å²) in [5.41, 5.74) is -0.454. The first-order chi connectivity index (χ1) is 9.76. The van der Waals surface area contributed by atoms with E-state index in [1.54, 1.807) is 11.8 Å². The number of carbonyl (C=O) groups excluding carboxylic acids is 1. The van der Waals surface area contributed by atoms with Crippen molar-refractivity contribution in [2.45, 2.75) is 40.2 Å². The molecule has 21 heavy (non-hydrogen) atoms. The third-order valence-electron chi connectivity index (χ3n) is 2.87. The van der Waals surface area contributed by atoms with Crippen molar-refractivity contribution in [3.8, 4) is 12.3 Å². The minimum absolute atomic E-state index is 0.349. The lowest BCUT2D eigenvalue weighted by Gasteiger charge is -2.24. The average Bonchev–Trinajstić information content (AvgIpc) is 2.34. The highest BCUT2D eigenvalue weighted by Gasteiger charge is 2.18. The number of rotatable bonds is 9. The van der Waals surface area contributed by atoms with E-state index in [2.05, 4.69) is 30.4 Å². The molecular weight excluding hydrogens is 284 g/mol. The van der Waals surface area contributed by atoms with E-state index in [9.17, 15) is 4.79 Å². The summed E-state index contributed by atoms with van der Waals surface area (Å²) in [6, 6.07) is 0. The van der Waals surface area contributed by atoms with E-state index in [4.69, 9.17) is 11.2 Å². The molecule has 0 saturated heterocycles. The van der Waals surface area contributed by atoms with Gasteiger partial charge in [0.15, 0.2) is 0 Å². The number of hydrogen-bond acceptors (Lipinski definition) is 4. The highest BCUT2D eigenvalue weighted by atomic mass is 32.2. The summed E-state index contributed by atoms with van der Waals surface area (Å²) in [4.78, 5) is 11.7. The van der Waals surface area contributed by atoms with E-state index in [0.717, 1.165) is 24.6 Å². The molecule has 1 atom stereocenters. The number of alkyl carbamates (subject to hydrolysis) is 1. The van der Waals surface area contributed by atoms with Crippen LogP contribution in [-0.2, 0) is 4.74 Å². The van der Waals surface area contributed by atoms with E-state index >= 15 is 0 Å². The van der Waals surface area contributed by atoms with Crippen LogP contribution in [0.1, 0.15) is 34.6 Å². The largest absolute Gasteiger partial charge is 0.444 e. The molecule has 0 aromatic rings. The molecule has 0 aliphatic carbocycles. The van der Waals surface area contributed by atoms with Gasteiger partial charge in [0.2, 0.25) is 0 Å². The minimum atomic E-state index is -0.454. The molecule has 0 bridgehead atoms. The van der Waals surface area contributed by atoms with Gasteiger partial charge >= 0.3 is 6.09 Å². The number of nitrogens with one attached hydrogen (secondary N) is 2. The summed E-state index contributed by atoms with van der Waals surface area (Å²) in [5, 5.41) is 6.27. The SMILES string of the molecule is C#CCSCCNCC(CNC(=O)OC(C)(C)C)C(C)C. The van der Waals surface area contributed by atoms with Gasteiger partial charge in [-0.15, -0.1) is 18.2 Å². The van der Waals surface area contributed by atoms with Crippen molar-refractivity contribution in [3.05, 3.63) is 0 Å². The number of amides is 1. The zero-order chi connectivity index (χ0) is 16.3. The third kappa shape index (κ3) is 12.6. The van der Waals surface area contributed by atoms with Gasteiger partial charge in [0.1, 0.15) is 5.60 Å². The van der Waals surface area contributed by atoms with Crippen LogP contribution in [0.4, 0.5) is 4.79 Å². The molecule has 1 amide bonds. The molecule has 0 spiro atoms. The molecule has 0 radical (unpaired) electrons. The van der Waals surface area contributed by atoms with E-state index < -0.39 is 5.60 Å². The fourth-order valence-corrected chi connectivity index (χ4v) is 2.19. The summed E-state index contributed by atoms with van der Waals surface area (Å²) in [6.07, 6.45) is 4.85. The van der Waals surface area contributed by atoms with Crippen LogP contribution in [0.25, 0.3) is 0 Å². The lowest BCUT2D eigenvalue weighted by Crippen LogP contribution is -2.40. The second kappa shape index (κ2) is 10.8. The van der Waals surface area contributed by atoms with Gasteiger partial charge in [0.25, 0.3) is 0 Å². The van der Waals surface area contributed by atoms with Crippen molar-refractivity contribution >= 4 is 17.9 Å². The molecule has 0 aromatic carbocycles. The predicted molar refractivity (Wildman–Crippen MR) is 91.6 cm³/mol. The zero-order valence-corrected chi connectivity index (χ0v) is 14.8. The van der Waals surface area contributed by atoms with Crippen molar-refractivity contribution in [1.29, 1.82) is 0 Å². The fraction of sp³-hybridized carbons (Fsp3) is 0.812. The molecule has 0 aliphatic rings. The second-order valence-corrected chi connectivity index (χ2v) is 7.45. The topological polar surface area (TPSA) is 50.4 Å².